The highest BCUT2D eigenvalue weighted by Gasteiger charge is 2.10. The van der Waals surface area contributed by atoms with Gasteiger partial charge in [-0.15, -0.1) is 0 Å². The molecule has 17 heavy (non-hydrogen) atoms. The first-order chi connectivity index (χ1) is 8.19. The van der Waals surface area contributed by atoms with Gasteiger partial charge in [0.2, 0.25) is 0 Å². The van der Waals surface area contributed by atoms with Gasteiger partial charge in [-0.1, -0.05) is 19.1 Å². The van der Waals surface area contributed by atoms with E-state index in [1.165, 1.54) is 0 Å². The zero-order chi connectivity index (χ0) is 12.7. The van der Waals surface area contributed by atoms with Gasteiger partial charge in [0.25, 0.3) is 0 Å². The number of benzene rings is 1. The number of aryl methyl sites for hydroxylation is 1. The van der Waals surface area contributed by atoms with Crippen molar-refractivity contribution in [1.82, 2.24) is 5.32 Å². The van der Waals surface area contributed by atoms with Gasteiger partial charge in [0.05, 0.1) is 12.6 Å². The molecule has 1 aromatic rings. The summed E-state index contributed by atoms with van der Waals surface area (Å²) in [4.78, 5) is 0. The smallest absolute Gasteiger partial charge is 0.167 e. The molecule has 1 aromatic carbocycles. The molecular formula is C13H20FNO2. The molecule has 1 atom stereocenters. The highest BCUT2D eigenvalue weighted by Crippen LogP contribution is 2.19. The molecule has 0 saturated carbocycles. The van der Waals surface area contributed by atoms with Gasteiger partial charge in [-0.2, -0.15) is 0 Å². The van der Waals surface area contributed by atoms with Crippen LogP contribution in [0.3, 0.4) is 0 Å². The van der Waals surface area contributed by atoms with E-state index in [0.717, 1.165) is 13.0 Å². The van der Waals surface area contributed by atoms with Gasteiger partial charge >= 0.3 is 0 Å². The molecule has 0 saturated heterocycles. The fourth-order valence-electron chi connectivity index (χ4n) is 1.45. The Bertz CT molecular complexity index is 344. The van der Waals surface area contributed by atoms with Crippen LogP contribution in [0.4, 0.5) is 4.39 Å². The van der Waals surface area contributed by atoms with Crippen molar-refractivity contribution in [3.8, 4) is 5.75 Å². The molecule has 0 aliphatic heterocycles. The molecule has 0 aromatic heterocycles. The lowest BCUT2D eigenvalue weighted by atomic mass is 10.2. The lowest BCUT2D eigenvalue weighted by Gasteiger charge is -2.17. The second-order valence-electron chi connectivity index (χ2n) is 4.03. The molecule has 0 bridgehead atoms. The quantitative estimate of drug-likeness (QED) is 0.765. The van der Waals surface area contributed by atoms with Gasteiger partial charge in [-0.3, -0.25) is 0 Å². The summed E-state index contributed by atoms with van der Waals surface area (Å²) in [6.45, 7) is 4.79. The molecule has 2 N–H and O–H groups in total. The van der Waals surface area contributed by atoms with Crippen molar-refractivity contribution in [1.29, 1.82) is 0 Å². The average molecular weight is 241 g/mol. The van der Waals surface area contributed by atoms with Crippen molar-refractivity contribution in [3.05, 3.63) is 29.6 Å². The van der Waals surface area contributed by atoms with Gasteiger partial charge in [-0.25, -0.2) is 4.39 Å². The minimum atomic E-state index is -0.334. The molecule has 0 aliphatic rings. The van der Waals surface area contributed by atoms with Crippen LogP contribution in [-0.4, -0.2) is 30.9 Å². The summed E-state index contributed by atoms with van der Waals surface area (Å²) < 4.78 is 19.0. The summed E-state index contributed by atoms with van der Waals surface area (Å²) in [5, 5.41) is 12.2. The number of halogens is 1. The van der Waals surface area contributed by atoms with Crippen LogP contribution in [0.15, 0.2) is 18.2 Å². The SMILES string of the molecule is CCCNC(CO)COc1cccc(C)c1F. The monoisotopic (exact) mass is 241 g/mol. The Morgan fingerprint density at radius 2 is 2.24 bits per heavy atom. The van der Waals surface area contributed by atoms with Crippen LogP contribution >= 0.6 is 0 Å². The van der Waals surface area contributed by atoms with E-state index in [-0.39, 0.29) is 30.8 Å². The van der Waals surface area contributed by atoms with Crippen molar-refractivity contribution < 1.29 is 14.2 Å². The van der Waals surface area contributed by atoms with Gasteiger partial charge in [-0.05, 0) is 31.5 Å². The Morgan fingerprint density at radius 3 is 2.88 bits per heavy atom. The first-order valence-electron chi connectivity index (χ1n) is 5.91. The van der Waals surface area contributed by atoms with E-state index < -0.39 is 0 Å². The molecule has 3 nitrogen and oxygen atoms in total. The molecule has 0 amide bonds. The third-order valence-corrected chi connectivity index (χ3v) is 2.50. The maximum absolute atomic E-state index is 13.6. The molecule has 1 unspecified atom stereocenters. The largest absolute Gasteiger partial charge is 0.489 e. The minimum Gasteiger partial charge on any atom is -0.489 e. The summed E-state index contributed by atoms with van der Waals surface area (Å²) in [7, 11) is 0. The van der Waals surface area contributed by atoms with E-state index in [1.807, 2.05) is 6.92 Å². The molecule has 0 heterocycles. The molecule has 0 aliphatic carbocycles. The topological polar surface area (TPSA) is 41.5 Å². The maximum Gasteiger partial charge on any atom is 0.167 e. The lowest BCUT2D eigenvalue weighted by Crippen LogP contribution is -2.38. The zero-order valence-corrected chi connectivity index (χ0v) is 10.4. The molecule has 96 valence electrons. The number of rotatable bonds is 7. The van der Waals surface area contributed by atoms with Crippen molar-refractivity contribution in [2.45, 2.75) is 26.3 Å². The highest BCUT2D eigenvalue weighted by atomic mass is 19.1. The molecule has 1 rings (SSSR count). The summed E-state index contributed by atoms with van der Waals surface area (Å²) in [5.74, 6) is -0.0959. The van der Waals surface area contributed by atoms with Crippen molar-refractivity contribution in [2.24, 2.45) is 0 Å². The Morgan fingerprint density at radius 1 is 1.47 bits per heavy atom. The number of hydrogen-bond donors (Lipinski definition) is 2. The van der Waals surface area contributed by atoms with E-state index in [1.54, 1.807) is 25.1 Å². The van der Waals surface area contributed by atoms with Gasteiger partial charge in [0.1, 0.15) is 6.61 Å². The second kappa shape index (κ2) is 7.25. The predicted octanol–water partition coefficient (Wildman–Crippen LogP) is 1.87. The van der Waals surface area contributed by atoms with E-state index in [0.29, 0.717) is 5.56 Å². The summed E-state index contributed by atoms with van der Waals surface area (Å²) in [6, 6.07) is 4.88. The molecule has 0 radical (unpaired) electrons. The predicted molar refractivity (Wildman–Crippen MR) is 65.8 cm³/mol. The van der Waals surface area contributed by atoms with Crippen molar-refractivity contribution >= 4 is 0 Å². The fraction of sp³-hybridized carbons (Fsp3) is 0.538. The first kappa shape index (κ1) is 13.9. The van der Waals surface area contributed by atoms with E-state index >= 15 is 0 Å². The second-order valence-corrected chi connectivity index (χ2v) is 4.03. The Hall–Kier alpha value is -1.13. The molecule has 0 spiro atoms. The number of aliphatic hydroxyl groups is 1. The van der Waals surface area contributed by atoms with E-state index in [9.17, 15) is 4.39 Å². The average Bonchev–Trinajstić information content (AvgIpc) is 2.34. The maximum atomic E-state index is 13.6. The van der Waals surface area contributed by atoms with Crippen LogP contribution in [0.5, 0.6) is 5.75 Å². The Balaban J connectivity index is 2.50. The van der Waals surface area contributed by atoms with Crippen molar-refractivity contribution in [2.75, 3.05) is 19.8 Å². The third kappa shape index (κ3) is 4.32. The van der Waals surface area contributed by atoms with Crippen LogP contribution in [0.1, 0.15) is 18.9 Å². The highest BCUT2D eigenvalue weighted by molar-refractivity contribution is 5.30. The van der Waals surface area contributed by atoms with Gasteiger partial charge in [0, 0.05) is 0 Å². The summed E-state index contributed by atoms with van der Waals surface area (Å²) in [6.07, 6.45) is 0.981. The fourth-order valence-corrected chi connectivity index (χ4v) is 1.45. The normalized spacial score (nSPS) is 12.5. The molecule has 0 fully saturated rings. The number of ether oxygens (including phenoxy) is 1. The molecular weight excluding hydrogens is 221 g/mol. The number of aliphatic hydroxyl groups excluding tert-OH is 1. The summed E-state index contributed by atoms with van der Waals surface area (Å²) in [5.41, 5.74) is 0.560. The Kier molecular flexibility index (Phi) is 5.94. The van der Waals surface area contributed by atoms with Crippen LogP contribution in [0.25, 0.3) is 0 Å². The van der Waals surface area contributed by atoms with E-state index in [4.69, 9.17) is 9.84 Å². The van der Waals surface area contributed by atoms with Crippen LogP contribution < -0.4 is 10.1 Å². The van der Waals surface area contributed by atoms with Crippen molar-refractivity contribution in [3.63, 3.8) is 0 Å². The zero-order valence-electron chi connectivity index (χ0n) is 10.4. The van der Waals surface area contributed by atoms with E-state index in [2.05, 4.69) is 5.32 Å². The Labute approximate surface area is 102 Å². The first-order valence-corrected chi connectivity index (χ1v) is 5.91. The standard InChI is InChI=1S/C13H20FNO2/c1-3-7-15-11(8-16)9-17-12-6-4-5-10(2)13(12)14/h4-6,11,15-16H,3,7-9H2,1-2H3. The van der Waals surface area contributed by atoms with Crippen LogP contribution in [0, 0.1) is 12.7 Å². The summed E-state index contributed by atoms with van der Waals surface area (Å²) >= 11 is 0. The number of nitrogens with one attached hydrogen (secondary N) is 1. The lowest BCUT2D eigenvalue weighted by molar-refractivity contribution is 0.179. The minimum absolute atomic E-state index is 0.0204. The molecule has 4 heteroatoms. The van der Waals surface area contributed by atoms with Crippen LogP contribution in [-0.2, 0) is 0 Å². The van der Waals surface area contributed by atoms with Gasteiger partial charge in [0.15, 0.2) is 11.6 Å². The third-order valence-electron chi connectivity index (χ3n) is 2.50. The number of hydrogen-bond acceptors (Lipinski definition) is 3. The van der Waals surface area contributed by atoms with Gasteiger partial charge < -0.3 is 15.2 Å². The van der Waals surface area contributed by atoms with Crippen LogP contribution in [0.2, 0.25) is 0 Å².